The van der Waals surface area contributed by atoms with E-state index in [4.69, 9.17) is 5.73 Å². The van der Waals surface area contributed by atoms with Gasteiger partial charge in [-0.05, 0) is 31.7 Å². The van der Waals surface area contributed by atoms with Crippen LogP contribution in [0.25, 0.3) is 0 Å². The molecule has 23 heavy (non-hydrogen) atoms. The molecular formula is C15H19N3O3S2. The Morgan fingerprint density at radius 3 is 2.48 bits per heavy atom. The number of carbonyl (C=O) groups excluding carboxylic acids is 1. The van der Waals surface area contributed by atoms with Crippen LogP contribution in [0.1, 0.15) is 17.4 Å². The highest BCUT2D eigenvalue weighted by atomic mass is 32.2. The molecule has 0 spiro atoms. The lowest BCUT2D eigenvalue weighted by atomic mass is 9.92. The average molecular weight is 353 g/mol. The van der Waals surface area contributed by atoms with E-state index in [1.807, 2.05) is 18.2 Å². The summed E-state index contributed by atoms with van der Waals surface area (Å²) in [5.74, 6) is -0.324. The molecule has 4 N–H and O–H groups in total. The van der Waals surface area contributed by atoms with Crippen molar-refractivity contribution in [2.45, 2.75) is 23.2 Å². The number of nitrogens with two attached hydrogens (primary N) is 1. The lowest BCUT2D eigenvalue weighted by Crippen LogP contribution is -2.48. The Balaban J connectivity index is 2.05. The molecular weight excluding hydrogens is 334 g/mol. The first kappa shape index (κ1) is 17.6. The highest BCUT2D eigenvalue weighted by molar-refractivity contribution is 7.91. The van der Waals surface area contributed by atoms with E-state index in [1.54, 1.807) is 25.1 Å². The van der Waals surface area contributed by atoms with Crippen molar-refractivity contribution in [3.63, 3.8) is 0 Å². The quantitative estimate of drug-likeness (QED) is 0.725. The molecule has 0 aliphatic carbocycles. The summed E-state index contributed by atoms with van der Waals surface area (Å²) in [4.78, 5) is 13.1. The molecule has 0 aliphatic heterocycles. The first-order valence-corrected chi connectivity index (χ1v) is 9.22. The molecule has 0 aliphatic rings. The SMILES string of the molecule is CNS(=O)(=O)c1ccc(CNC(=O)C(C)(N)c2ccccc2)s1. The van der Waals surface area contributed by atoms with E-state index < -0.39 is 15.6 Å². The van der Waals surface area contributed by atoms with Gasteiger partial charge in [-0.25, -0.2) is 13.1 Å². The second-order valence-electron chi connectivity index (χ2n) is 5.18. The zero-order valence-electron chi connectivity index (χ0n) is 12.9. The Morgan fingerprint density at radius 1 is 1.22 bits per heavy atom. The van der Waals surface area contributed by atoms with Crippen LogP contribution in [0, 0.1) is 0 Å². The normalized spacial score (nSPS) is 14.2. The van der Waals surface area contributed by atoms with Crippen LogP contribution in [0.3, 0.4) is 0 Å². The van der Waals surface area contributed by atoms with E-state index in [1.165, 1.54) is 13.1 Å². The summed E-state index contributed by atoms with van der Waals surface area (Å²) < 4.78 is 25.8. The summed E-state index contributed by atoms with van der Waals surface area (Å²) >= 11 is 1.11. The van der Waals surface area contributed by atoms with Crippen molar-refractivity contribution < 1.29 is 13.2 Å². The molecule has 1 aromatic carbocycles. The average Bonchev–Trinajstić information content (AvgIpc) is 3.03. The third-order valence-electron chi connectivity index (χ3n) is 3.44. The number of hydrogen-bond donors (Lipinski definition) is 3. The number of hydrogen-bond acceptors (Lipinski definition) is 5. The van der Waals surface area contributed by atoms with E-state index in [0.717, 1.165) is 16.2 Å². The number of carbonyl (C=O) groups is 1. The van der Waals surface area contributed by atoms with E-state index in [9.17, 15) is 13.2 Å². The largest absolute Gasteiger partial charge is 0.349 e. The molecule has 0 radical (unpaired) electrons. The van der Waals surface area contributed by atoms with Crippen LogP contribution in [-0.2, 0) is 26.9 Å². The molecule has 1 aromatic heterocycles. The molecule has 1 atom stereocenters. The van der Waals surface area contributed by atoms with Crippen LogP contribution < -0.4 is 15.8 Å². The summed E-state index contributed by atoms with van der Waals surface area (Å²) in [5.41, 5.74) is 5.68. The predicted octanol–water partition coefficient (Wildman–Crippen LogP) is 1.15. The molecule has 1 heterocycles. The van der Waals surface area contributed by atoms with Gasteiger partial charge in [0.25, 0.3) is 0 Å². The van der Waals surface area contributed by atoms with Crippen LogP contribution in [0.4, 0.5) is 0 Å². The Hall–Kier alpha value is -1.74. The lowest BCUT2D eigenvalue weighted by Gasteiger charge is -2.23. The van der Waals surface area contributed by atoms with Crippen LogP contribution in [0.15, 0.2) is 46.7 Å². The minimum Gasteiger partial charge on any atom is -0.349 e. The molecule has 0 saturated heterocycles. The molecule has 124 valence electrons. The van der Waals surface area contributed by atoms with Crippen LogP contribution in [0.5, 0.6) is 0 Å². The van der Waals surface area contributed by atoms with Crippen LogP contribution >= 0.6 is 11.3 Å². The van der Waals surface area contributed by atoms with Gasteiger partial charge in [-0.1, -0.05) is 30.3 Å². The molecule has 1 unspecified atom stereocenters. The standard InChI is InChI=1S/C15H19N3O3S2/c1-15(16,11-6-4-3-5-7-11)14(19)18-10-12-8-9-13(22-12)23(20,21)17-2/h3-9,17H,10,16H2,1-2H3,(H,18,19). The number of amides is 1. The summed E-state index contributed by atoms with van der Waals surface area (Å²) in [6.07, 6.45) is 0. The van der Waals surface area contributed by atoms with Gasteiger partial charge in [0.05, 0.1) is 6.54 Å². The molecule has 0 fully saturated rings. The Labute approximate surface area is 139 Å². The topological polar surface area (TPSA) is 101 Å². The maximum atomic E-state index is 12.3. The Morgan fingerprint density at radius 2 is 1.87 bits per heavy atom. The maximum absolute atomic E-state index is 12.3. The second-order valence-corrected chi connectivity index (χ2v) is 8.46. The van der Waals surface area contributed by atoms with Gasteiger partial charge in [0.15, 0.2) is 0 Å². The third-order valence-corrected chi connectivity index (χ3v) is 6.43. The number of nitrogens with one attached hydrogen (secondary N) is 2. The van der Waals surface area contributed by atoms with Gasteiger partial charge >= 0.3 is 0 Å². The first-order chi connectivity index (χ1) is 10.8. The fourth-order valence-corrected chi connectivity index (χ4v) is 4.10. The van der Waals surface area contributed by atoms with E-state index in [0.29, 0.717) is 5.56 Å². The van der Waals surface area contributed by atoms with Gasteiger partial charge in [0, 0.05) is 4.88 Å². The van der Waals surface area contributed by atoms with Gasteiger partial charge in [-0.15, -0.1) is 11.3 Å². The summed E-state index contributed by atoms with van der Waals surface area (Å²) in [6.45, 7) is 1.87. The molecule has 6 nitrogen and oxygen atoms in total. The minimum atomic E-state index is -3.46. The van der Waals surface area contributed by atoms with Gasteiger partial charge in [0.2, 0.25) is 15.9 Å². The Bertz CT molecular complexity index is 783. The predicted molar refractivity (Wildman–Crippen MR) is 90.4 cm³/mol. The van der Waals surface area contributed by atoms with Crippen molar-refractivity contribution in [2.75, 3.05) is 7.05 Å². The maximum Gasteiger partial charge on any atom is 0.249 e. The fourth-order valence-electron chi connectivity index (χ4n) is 1.96. The molecule has 1 amide bonds. The molecule has 2 aromatic rings. The highest BCUT2D eigenvalue weighted by Gasteiger charge is 2.30. The van der Waals surface area contributed by atoms with E-state index in [2.05, 4.69) is 10.0 Å². The van der Waals surface area contributed by atoms with Crippen molar-refractivity contribution in [3.05, 3.63) is 52.9 Å². The third kappa shape index (κ3) is 3.97. The smallest absolute Gasteiger partial charge is 0.249 e. The van der Waals surface area contributed by atoms with Gasteiger partial charge < -0.3 is 11.1 Å². The Kier molecular flexibility index (Phi) is 5.20. The van der Waals surface area contributed by atoms with Crippen molar-refractivity contribution in [1.29, 1.82) is 0 Å². The molecule has 0 bridgehead atoms. The minimum absolute atomic E-state index is 0.211. The zero-order valence-corrected chi connectivity index (χ0v) is 14.5. The van der Waals surface area contributed by atoms with Crippen LogP contribution in [0.2, 0.25) is 0 Å². The molecule has 2 rings (SSSR count). The summed E-state index contributed by atoms with van der Waals surface area (Å²) in [6, 6.07) is 12.3. The monoisotopic (exact) mass is 353 g/mol. The number of sulfonamides is 1. The molecule has 0 saturated carbocycles. The number of thiophene rings is 1. The highest BCUT2D eigenvalue weighted by Crippen LogP contribution is 2.22. The second kappa shape index (κ2) is 6.79. The first-order valence-electron chi connectivity index (χ1n) is 6.92. The van der Waals surface area contributed by atoms with Crippen molar-refractivity contribution in [3.8, 4) is 0 Å². The van der Waals surface area contributed by atoms with Crippen molar-refractivity contribution >= 4 is 27.3 Å². The van der Waals surface area contributed by atoms with E-state index in [-0.39, 0.29) is 16.7 Å². The summed E-state index contributed by atoms with van der Waals surface area (Å²) in [7, 11) is -2.10. The lowest BCUT2D eigenvalue weighted by molar-refractivity contribution is -0.126. The number of rotatable bonds is 6. The molecule has 8 heteroatoms. The fraction of sp³-hybridized carbons (Fsp3) is 0.267. The van der Waals surface area contributed by atoms with E-state index >= 15 is 0 Å². The van der Waals surface area contributed by atoms with Crippen molar-refractivity contribution in [2.24, 2.45) is 5.73 Å². The van der Waals surface area contributed by atoms with Gasteiger partial charge in [-0.2, -0.15) is 0 Å². The van der Waals surface area contributed by atoms with Gasteiger partial charge in [0.1, 0.15) is 9.75 Å². The van der Waals surface area contributed by atoms with Gasteiger partial charge in [-0.3, -0.25) is 4.79 Å². The van der Waals surface area contributed by atoms with Crippen LogP contribution in [-0.4, -0.2) is 21.4 Å². The zero-order chi connectivity index (χ0) is 17.1. The summed E-state index contributed by atoms with van der Waals surface area (Å²) in [5, 5.41) is 2.75. The number of benzene rings is 1. The van der Waals surface area contributed by atoms with Crippen molar-refractivity contribution in [1.82, 2.24) is 10.0 Å².